The van der Waals surface area contributed by atoms with E-state index in [-0.39, 0.29) is 6.10 Å². The molecular formula is C20H23O2Si. The largest absolute Gasteiger partial charge is 0.404 e. The average Bonchev–Trinajstić information content (AvgIpc) is 3.18. The van der Waals surface area contributed by atoms with Crippen LogP contribution in [-0.4, -0.2) is 21.4 Å². The third kappa shape index (κ3) is 3.14. The predicted molar refractivity (Wildman–Crippen MR) is 95.2 cm³/mol. The van der Waals surface area contributed by atoms with E-state index < -0.39 is 9.04 Å². The first-order chi connectivity index (χ1) is 11.3. The third-order valence-corrected chi connectivity index (χ3v) is 6.32. The number of allylic oxidation sites excluding steroid dienone is 3. The molecule has 1 aromatic carbocycles. The summed E-state index contributed by atoms with van der Waals surface area (Å²) in [6.45, 7) is 2.21. The molecule has 4 unspecified atom stereocenters. The zero-order valence-corrected chi connectivity index (χ0v) is 14.5. The highest BCUT2D eigenvalue weighted by Gasteiger charge is 2.35. The topological polar surface area (TPSA) is 18.5 Å². The van der Waals surface area contributed by atoms with E-state index in [1.54, 1.807) is 0 Å². The molecule has 1 aromatic rings. The molecule has 4 rings (SSSR count). The van der Waals surface area contributed by atoms with Gasteiger partial charge in [-0.15, -0.1) is 0 Å². The Morgan fingerprint density at radius 1 is 1.09 bits per heavy atom. The Morgan fingerprint density at radius 2 is 1.96 bits per heavy atom. The standard InChI is InChI=1S/C20H23O2Si/c1-23(22-20-13-11-16-7-3-5-9-18(16)20)14-21-19-12-10-15-6-2-4-8-17(15)19/h2-9,11,13,15,17,19-20H,10,12,14H2,1H3. The maximum absolute atomic E-state index is 6.29. The van der Waals surface area contributed by atoms with Gasteiger partial charge < -0.3 is 9.16 Å². The van der Waals surface area contributed by atoms with Crippen LogP contribution in [0.25, 0.3) is 6.08 Å². The van der Waals surface area contributed by atoms with Gasteiger partial charge in [0.1, 0.15) is 0 Å². The Labute approximate surface area is 140 Å². The highest BCUT2D eigenvalue weighted by Crippen LogP contribution is 2.38. The van der Waals surface area contributed by atoms with Gasteiger partial charge in [-0.05, 0) is 36.4 Å². The second-order valence-electron chi connectivity index (χ2n) is 6.67. The van der Waals surface area contributed by atoms with Gasteiger partial charge in [-0.3, -0.25) is 0 Å². The number of benzene rings is 1. The van der Waals surface area contributed by atoms with Crippen LogP contribution in [0.4, 0.5) is 0 Å². The molecule has 0 saturated heterocycles. The van der Waals surface area contributed by atoms with Crippen molar-refractivity contribution in [3.63, 3.8) is 0 Å². The van der Waals surface area contributed by atoms with Gasteiger partial charge in [0.05, 0.1) is 18.4 Å². The Balaban J connectivity index is 1.30. The molecule has 3 aliphatic rings. The lowest BCUT2D eigenvalue weighted by molar-refractivity contribution is 0.0557. The summed E-state index contributed by atoms with van der Waals surface area (Å²) < 4.78 is 12.5. The van der Waals surface area contributed by atoms with Crippen LogP contribution in [0.1, 0.15) is 30.1 Å². The van der Waals surface area contributed by atoms with E-state index >= 15 is 0 Å². The molecule has 23 heavy (non-hydrogen) atoms. The highest BCUT2D eigenvalue weighted by molar-refractivity contribution is 6.50. The quantitative estimate of drug-likeness (QED) is 0.744. The van der Waals surface area contributed by atoms with Crippen molar-refractivity contribution >= 4 is 15.1 Å². The molecule has 0 amide bonds. The van der Waals surface area contributed by atoms with Gasteiger partial charge >= 0.3 is 0 Å². The highest BCUT2D eigenvalue weighted by atomic mass is 28.3. The summed E-state index contributed by atoms with van der Waals surface area (Å²) in [6, 6.07) is 8.48. The lowest BCUT2D eigenvalue weighted by Crippen LogP contribution is -2.29. The van der Waals surface area contributed by atoms with Gasteiger partial charge in [-0.1, -0.05) is 60.7 Å². The SMILES string of the molecule is C[Si](COC1CCC2C=CC=CC21)OC1C=Cc2ccccc21. The predicted octanol–water partition coefficient (Wildman–Crippen LogP) is 4.47. The summed E-state index contributed by atoms with van der Waals surface area (Å²) in [6.07, 6.45) is 17.0. The molecule has 2 nitrogen and oxygen atoms in total. The van der Waals surface area contributed by atoms with Crippen LogP contribution < -0.4 is 0 Å². The molecule has 0 aliphatic heterocycles. The van der Waals surface area contributed by atoms with Gasteiger partial charge in [0.25, 0.3) is 0 Å². The summed E-state index contributed by atoms with van der Waals surface area (Å²) in [5.74, 6) is 1.25. The van der Waals surface area contributed by atoms with Gasteiger partial charge in [-0.2, -0.15) is 0 Å². The molecule has 1 radical (unpaired) electrons. The first-order valence-electron chi connectivity index (χ1n) is 8.54. The average molecular weight is 323 g/mol. The molecule has 0 bridgehead atoms. The van der Waals surface area contributed by atoms with Crippen LogP contribution >= 0.6 is 0 Å². The van der Waals surface area contributed by atoms with Crippen LogP contribution in [0.5, 0.6) is 0 Å². The molecule has 4 atom stereocenters. The fourth-order valence-corrected chi connectivity index (χ4v) is 5.05. The van der Waals surface area contributed by atoms with Crippen molar-refractivity contribution in [3.05, 3.63) is 65.8 Å². The van der Waals surface area contributed by atoms with Crippen molar-refractivity contribution in [1.29, 1.82) is 0 Å². The van der Waals surface area contributed by atoms with Crippen molar-refractivity contribution in [3.8, 4) is 0 Å². The van der Waals surface area contributed by atoms with Crippen molar-refractivity contribution in [1.82, 2.24) is 0 Å². The molecule has 0 N–H and O–H groups in total. The normalized spacial score (nSPS) is 30.9. The molecule has 0 aromatic heterocycles. The Morgan fingerprint density at radius 3 is 2.91 bits per heavy atom. The molecule has 119 valence electrons. The number of hydrogen-bond donors (Lipinski definition) is 0. The fraction of sp³-hybridized carbons (Fsp3) is 0.400. The van der Waals surface area contributed by atoms with Crippen LogP contribution in [-0.2, 0) is 9.16 Å². The van der Waals surface area contributed by atoms with Crippen LogP contribution in [0.3, 0.4) is 0 Å². The van der Waals surface area contributed by atoms with Gasteiger partial charge in [0.2, 0.25) is 9.04 Å². The minimum atomic E-state index is -0.954. The molecule has 3 aliphatic carbocycles. The molecular weight excluding hydrogens is 300 g/mol. The molecule has 3 heteroatoms. The van der Waals surface area contributed by atoms with E-state index in [9.17, 15) is 0 Å². The van der Waals surface area contributed by atoms with Gasteiger partial charge in [0.15, 0.2) is 0 Å². The molecule has 1 saturated carbocycles. The second kappa shape index (κ2) is 6.60. The summed E-state index contributed by atoms with van der Waals surface area (Å²) in [5, 5.41) is 0. The van der Waals surface area contributed by atoms with Crippen molar-refractivity contribution in [2.45, 2.75) is 31.6 Å². The van der Waals surface area contributed by atoms with Crippen molar-refractivity contribution in [2.75, 3.05) is 6.23 Å². The van der Waals surface area contributed by atoms with Crippen molar-refractivity contribution < 1.29 is 9.16 Å². The van der Waals surface area contributed by atoms with Crippen LogP contribution in [0.2, 0.25) is 6.55 Å². The first-order valence-corrected chi connectivity index (χ1v) is 10.7. The van der Waals surface area contributed by atoms with Gasteiger partial charge in [0, 0.05) is 5.92 Å². The van der Waals surface area contributed by atoms with E-state index in [1.807, 2.05) is 0 Å². The van der Waals surface area contributed by atoms with Gasteiger partial charge in [-0.25, -0.2) is 0 Å². The van der Waals surface area contributed by atoms with Crippen molar-refractivity contribution in [2.24, 2.45) is 11.8 Å². The van der Waals surface area contributed by atoms with E-state index in [2.05, 4.69) is 67.3 Å². The first kappa shape index (κ1) is 15.1. The lowest BCUT2D eigenvalue weighted by Gasteiger charge is -2.24. The van der Waals surface area contributed by atoms with E-state index in [0.717, 1.165) is 6.23 Å². The minimum absolute atomic E-state index is 0.113. The Hall–Kier alpha value is -1.42. The fourth-order valence-electron chi connectivity index (χ4n) is 3.90. The van der Waals surface area contributed by atoms with E-state index in [1.165, 1.54) is 24.0 Å². The molecule has 0 heterocycles. The number of hydrogen-bond acceptors (Lipinski definition) is 2. The smallest absolute Gasteiger partial charge is 0.236 e. The zero-order valence-electron chi connectivity index (χ0n) is 13.5. The number of ether oxygens (including phenoxy) is 1. The summed E-state index contributed by atoms with van der Waals surface area (Å²) >= 11 is 0. The third-order valence-electron chi connectivity index (χ3n) is 5.09. The minimum Gasteiger partial charge on any atom is -0.404 e. The molecule has 1 fully saturated rings. The second-order valence-corrected chi connectivity index (χ2v) is 8.59. The Kier molecular flexibility index (Phi) is 4.34. The Bertz CT molecular complexity index is 649. The zero-order chi connectivity index (χ0) is 15.6. The summed E-state index contributed by atoms with van der Waals surface area (Å²) in [5.41, 5.74) is 2.57. The maximum Gasteiger partial charge on any atom is 0.236 e. The van der Waals surface area contributed by atoms with E-state index in [0.29, 0.717) is 17.9 Å². The van der Waals surface area contributed by atoms with Crippen LogP contribution in [0, 0.1) is 11.8 Å². The molecule has 0 spiro atoms. The number of fused-ring (bicyclic) bond motifs is 2. The maximum atomic E-state index is 6.29. The monoisotopic (exact) mass is 323 g/mol. The lowest BCUT2D eigenvalue weighted by atomic mass is 9.91. The van der Waals surface area contributed by atoms with E-state index in [4.69, 9.17) is 9.16 Å². The van der Waals surface area contributed by atoms with Crippen LogP contribution in [0.15, 0.2) is 54.6 Å². The summed E-state index contributed by atoms with van der Waals surface area (Å²) in [4.78, 5) is 0. The summed E-state index contributed by atoms with van der Waals surface area (Å²) in [7, 11) is -0.954. The number of rotatable bonds is 5.